The summed E-state index contributed by atoms with van der Waals surface area (Å²) in [4.78, 5) is 0. The fourth-order valence-electron chi connectivity index (χ4n) is 4.11. The Bertz CT molecular complexity index is 760. The van der Waals surface area contributed by atoms with Gasteiger partial charge in [0.1, 0.15) is 5.75 Å². The molecule has 0 atom stereocenters. The second-order valence-electron chi connectivity index (χ2n) is 7.75. The highest BCUT2D eigenvalue weighted by Gasteiger charge is 2.39. The molecule has 0 unspecified atom stereocenters. The molecule has 138 valence electrons. The molecule has 26 heavy (non-hydrogen) atoms. The van der Waals surface area contributed by atoms with Gasteiger partial charge in [0.15, 0.2) is 0 Å². The Labute approximate surface area is 156 Å². The topological polar surface area (TPSA) is 27.7 Å². The first-order valence-corrected chi connectivity index (χ1v) is 9.61. The predicted octanol–water partition coefficient (Wildman–Crippen LogP) is 4.72. The van der Waals surface area contributed by atoms with Crippen molar-refractivity contribution in [3.63, 3.8) is 0 Å². The molecule has 2 aliphatic heterocycles. The Hall–Kier alpha value is -1.84. The summed E-state index contributed by atoms with van der Waals surface area (Å²) in [6.07, 6.45) is 2.21. The molecule has 0 bridgehead atoms. The molecule has 3 nitrogen and oxygen atoms in total. The van der Waals surface area contributed by atoms with E-state index in [-0.39, 0.29) is 10.8 Å². The van der Waals surface area contributed by atoms with Crippen LogP contribution in [-0.2, 0) is 20.3 Å². The largest absolute Gasteiger partial charge is 0.496 e. The molecule has 0 N–H and O–H groups in total. The molecule has 2 heterocycles. The van der Waals surface area contributed by atoms with Crippen molar-refractivity contribution in [1.82, 2.24) is 0 Å². The number of ether oxygens (including phenoxy) is 3. The Kier molecular flexibility index (Phi) is 4.54. The first-order valence-electron chi connectivity index (χ1n) is 9.61. The van der Waals surface area contributed by atoms with Crippen LogP contribution < -0.4 is 4.74 Å². The van der Waals surface area contributed by atoms with Crippen LogP contribution in [-0.4, -0.2) is 33.5 Å². The zero-order valence-electron chi connectivity index (χ0n) is 16.0. The minimum atomic E-state index is 0.160. The summed E-state index contributed by atoms with van der Waals surface area (Å²) in [7, 11) is 1.75. The van der Waals surface area contributed by atoms with Crippen LogP contribution >= 0.6 is 0 Å². The molecule has 2 saturated heterocycles. The van der Waals surface area contributed by atoms with Gasteiger partial charge in [-0.3, -0.25) is 0 Å². The maximum Gasteiger partial charge on any atom is 0.126 e. The average Bonchev–Trinajstić information content (AvgIpc) is 2.61. The van der Waals surface area contributed by atoms with Gasteiger partial charge in [0.25, 0.3) is 0 Å². The smallest absolute Gasteiger partial charge is 0.126 e. The van der Waals surface area contributed by atoms with E-state index in [4.69, 9.17) is 14.2 Å². The molecule has 0 radical (unpaired) electrons. The van der Waals surface area contributed by atoms with Crippen LogP contribution in [0.1, 0.15) is 37.8 Å². The molecule has 2 aliphatic rings. The normalized spacial score (nSPS) is 20.1. The molecule has 3 heteroatoms. The van der Waals surface area contributed by atoms with Gasteiger partial charge in [0, 0.05) is 16.4 Å². The molecular formula is C23H28O3. The molecule has 2 fully saturated rings. The highest BCUT2D eigenvalue weighted by Crippen LogP contribution is 2.41. The SMILES string of the molecule is CCC1(c2ccc(-c3ccc(C4(CC)COC4)cc3OC)cc2)COC1. The maximum atomic E-state index is 5.74. The summed E-state index contributed by atoms with van der Waals surface area (Å²) >= 11 is 0. The van der Waals surface area contributed by atoms with Gasteiger partial charge in [-0.1, -0.05) is 50.2 Å². The van der Waals surface area contributed by atoms with E-state index >= 15 is 0 Å². The molecule has 0 amide bonds. The third-order valence-corrected chi connectivity index (χ3v) is 6.49. The zero-order valence-corrected chi connectivity index (χ0v) is 16.0. The fraction of sp³-hybridized carbons (Fsp3) is 0.478. The molecule has 2 aromatic rings. The van der Waals surface area contributed by atoms with Gasteiger partial charge in [-0.2, -0.15) is 0 Å². The highest BCUT2D eigenvalue weighted by molar-refractivity contribution is 5.71. The monoisotopic (exact) mass is 352 g/mol. The second-order valence-corrected chi connectivity index (χ2v) is 7.75. The van der Waals surface area contributed by atoms with E-state index in [0.29, 0.717) is 0 Å². The van der Waals surface area contributed by atoms with Crippen LogP contribution in [0.4, 0.5) is 0 Å². The molecular weight excluding hydrogens is 324 g/mol. The minimum absolute atomic E-state index is 0.160. The number of methoxy groups -OCH3 is 1. The van der Waals surface area contributed by atoms with Crippen molar-refractivity contribution in [2.45, 2.75) is 37.5 Å². The van der Waals surface area contributed by atoms with Gasteiger partial charge in [-0.25, -0.2) is 0 Å². The number of hydrogen-bond donors (Lipinski definition) is 0. The Morgan fingerprint density at radius 3 is 1.81 bits per heavy atom. The van der Waals surface area contributed by atoms with Gasteiger partial charge in [0.2, 0.25) is 0 Å². The van der Waals surface area contributed by atoms with Crippen LogP contribution in [0.3, 0.4) is 0 Å². The van der Waals surface area contributed by atoms with E-state index in [0.717, 1.165) is 50.6 Å². The van der Waals surface area contributed by atoms with Crippen LogP contribution in [0.15, 0.2) is 42.5 Å². The second kappa shape index (κ2) is 6.71. The van der Waals surface area contributed by atoms with Crippen LogP contribution in [0.5, 0.6) is 5.75 Å². The first kappa shape index (κ1) is 17.6. The van der Waals surface area contributed by atoms with Gasteiger partial charge in [-0.05, 0) is 35.6 Å². The van der Waals surface area contributed by atoms with Crippen LogP contribution in [0.25, 0.3) is 11.1 Å². The van der Waals surface area contributed by atoms with Crippen molar-refractivity contribution in [2.75, 3.05) is 33.5 Å². The minimum Gasteiger partial charge on any atom is -0.496 e. The number of hydrogen-bond acceptors (Lipinski definition) is 3. The summed E-state index contributed by atoms with van der Waals surface area (Å²) in [6.45, 7) is 7.76. The third-order valence-electron chi connectivity index (χ3n) is 6.49. The van der Waals surface area contributed by atoms with E-state index < -0.39 is 0 Å². The molecule has 0 saturated carbocycles. The van der Waals surface area contributed by atoms with Crippen molar-refractivity contribution in [3.8, 4) is 16.9 Å². The summed E-state index contributed by atoms with van der Waals surface area (Å²) in [5.74, 6) is 0.937. The van der Waals surface area contributed by atoms with Crippen molar-refractivity contribution in [3.05, 3.63) is 53.6 Å². The Morgan fingerprint density at radius 2 is 1.35 bits per heavy atom. The molecule has 0 spiro atoms. The van der Waals surface area contributed by atoms with Crippen LogP contribution in [0.2, 0.25) is 0 Å². The predicted molar refractivity (Wildman–Crippen MR) is 104 cm³/mol. The fourth-order valence-corrected chi connectivity index (χ4v) is 4.11. The lowest BCUT2D eigenvalue weighted by atomic mass is 9.75. The Morgan fingerprint density at radius 1 is 0.808 bits per heavy atom. The van der Waals surface area contributed by atoms with E-state index in [2.05, 4.69) is 56.3 Å². The summed E-state index contributed by atoms with van der Waals surface area (Å²) in [6, 6.07) is 15.6. The van der Waals surface area contributed by atoms with E-state index in [1.807, 2.05) is 0 Å². The lowest BCUT2D eigenvalue weighted by molar-refractivity contribution is -0.0620. The quantitative estimate of drug-likeness (QED) is 0.753. The van der Waals surface area contributed by atoms with E-state index in [9.17, 15) is 0 Å². The molecule has 4 rings (SSSR count). The van der Waals surface area contributed by atoms with Crippen molar-refractivity contribution in [2.24, 2.45) is 0 Å². The van der Waals surface area contributed by atoms with E-state index in [1.54, 1.807) is 7.11 Å². The van der Waals surface area contributed by atoms with Crippen molar-refractivity contribution < 1.29 is 14.2 Å². The van der Waals surface area contributed by atoms with Gasteiger partial charge in [-0.15, -0.1) is 0 Å². The van der Waals surface area contributed by atoms with Crippen molar-refractivity contribution in [1.29, 1.82) is 0 Å². The van der Waals surface area contributed by atoms with Crippen LogP contribution in [0, 0.1) is 0 Å². The third kappa shape index (κ3) is 2.65. The number of rotatable bonds is 6. The summed E-state index contributed by atoms with van der Waals surface area (Å²) in [5, 5.41) is 0. The lowest BCUT2D eigenvalue weighted by Gasteiger charge is -2.41. The molecule has 0 aromatic heterocycles. The highest BCUT2D eigenvalue weighted by atomic mass is 16.5. The Balaban J connectivity index is 1.65. The molecule has 0 aliphatic carbocycles. The van der Waals surface area contributed by atoms with Crippen molar-refractivity contribution >= 4 is 0 Å². The van der Waals surface area contributed by atoms with Gasteiger partial charge < -0.3 is 14.2 Å². The molecule has 2 aromatic carbocycles. The van der Waals surface area contributed by atoms with Gasteiger partial charge in [0.05, 0.1) is 33.5 Å². The average molecular weight is 352 g/mol. The first-order chi connectivity index (χ1) is 12.7. The summed E-state index contributed by atoms with van der Waals surface area (Å²) < 4.78 is 16.7. The maximum absolute atomic E-state index is 5.74. The number of benzene rings is 2. The summed E-state index contributed by atoms with van der Waals surface area (Å²) in [5.41, 5.74) is 5.41. The van der Waals surface area contributed by atoms with Gasteiger partial charge >= 0.3 is 0 Å². The standard InChI is InChI=1S/C23H28O3/c1-4-22(13-25-14-22)18-8-6-17(7-9-18)20-11-10-19(12-21(20)24-3)23(5-2)15-26-16-23/h6-12H,4-5,13-16H2,1-3H3. The lowest BCUT2D eigenvalue weighted by Crippen LogP contribution is -2.46. The van der Waals surface area contributed by atoms with E-state index in [1.165, 1.54) is 16.7 Å². The zero-order chi connectivity index (χ0) is 18.2.